The van der Waals surface area contributed by atoms with Crippen LogP contribution in [0.4, 0.5) is 5.69 Å². The van der Waals surface area contributed by atoms with Crippen molar-refractivity contribution in [3.05, 3.63) is 64.1 Å². The van der Waals surface area contributed by atoms with E-state index in [9.17, 15) is 4.79 Å². The predicted octanol–water partition coefficient (Wildman–Crippen LogP) is 1.79. The van der Waals surface area contributed by atoms with E-state index in [4.69, 9.17) is 5.73 Å². The zero-order chi connectivity index (χ0) is 11.5. The number of aromatic nitrogens is 1. The van der Waals surface area contributed by atoms with Crippen molar-refractivity contribution in [1.29, 1.82) is 0 Å². The van der Waals surface area contributed by atoms with E-state index in [1.165, 1.54) is 0 Å². The summed E-state index contributed by atoms with van der Waals surface area (Å²) < 4.78 is 1.68. The zero-order valence-electron chi connectivity index (χ0n) is 9.18. The minimum Gasteiger partial charge on any atom is -0.399 e. The highest BCUT2D eigenvalue weighted by molar-refractivity contribution is 5.40. The van der Waals surface area contributed by atoms with Gasteiger partial charge in [-0.1, -0.05) is 18.2 Å². The molecule has 2 N–H and O–H groups in total. The van der Waals surface area contributed by atoms with Crippen molar-refractivity contribution < 1.29 is 0 Å². The molecule has 0 unspecified atom stereocenters. The standard InChI is InChI=1S/C13H14N2O/c1-10-4-3-7-15(13(10)16)9-11-5-2-6-12(14)8-11/h2-8H,9,14H2,1H3. The minimum absolute atomic E-state index is 0.0462. The summed E-state index contributed by atoms with van der Waals surface area (Å²) in [5.74, 6) is 0. The van der Waals surface area contributed by atoms with Crippen LogP contribution in [-0.2, 0) is 6.54 Å². The second-order valence-corrected chi connectivity index (χ2v) is 3.87. The quantitative estimate of drug-likeness (QED) is 0.775. The summed E-state index contributed by atoms with van der Waals surface area (Å²) in [6.07, 6.45) is 1.79. The molecule has 1 heterocycles. The lowest BCUT2D eigenvalue weighted by Gasteiger charge is -2.07. The fraction of sp³-hybridized carbons (Fsp3) is 0.154. The van der Waals surface area contributed by atoms with Gasteiger partial charge in [0.2, 0.25) is 0 Å². The number of nitrogens with zero attached hydrogens (tertiary/aromatic N) is 1. The van der Waals surface area contributed by atoms with Crippen molar-refractivity contribution in [2.75, 3.05) is 5.73 Å². The SMILES string of the molecule is Cc1cccn(Cc2cccc(N)c2)c1=O. The molecule has 0 saturated heterocycles. The first kappa shape index (κ1) is 10.5. The summed E-state index contributed by atoms with van der Waals surface area (Å²) in [5, 5.41) is 0. The topological polar surface area (TPSA) is 48.0 Å². The molecule has 0 spiro atoms. The molecule has 0 bridgehead atoms. The normalized spacial score (nSPS) is 10.3. The number of hydrogen-bond donors (Lipinski definition) is 1. The molecule has 0 amide bonds. The van der Waals surface area contributed by atoms with E-state index in [2.05, 4.69) is 0 Å². The van der Waals surface area contributed by atoms with Crippen LogP contribution in [0.25, 0.3) is 0 Å². The molecule has 0 radical (unpaired) electrons. The van der Waals surface area contributed by atoms with Gasteiger partial charge in [0.25, 0.3) is 5.56 Å². The fourth-order valence-corrected chi connectivity index (χ4v) is 1.67. The van der Waals surface area contributed by atoms with E-state index in [1.54, 1.807) is 10.8 Å². The predicted molar refractivity (Wildman–Crippen MR) is 65.4 cm³/mol. The van der Waals surface area contributed by atoms with E-state index in [0.717, 1.165) is 16.8 Å². The van der Waals surface area contributed by atoms with Crippen molar-refractivity contribution in [1.82, 2.24) is 4.57 Å². The zero-order valence-corrected chi connectivity index (χ0v) is 9.18. The molecular formula is C13H14N2O. The molecule has 0 fully saturated rings. The Morgan fingerprint density at radius 2 is 2.06 bits per heavy atom. The largest absolute Gasteiger partial charge is 0.399 e. The molecule has 1 aromatic heterocycles. The first-order valence-corrected chi connectivity index (χ1v) is 5.17. The monoisotopic (exact) mass is 214 g/mol. The Labute approximate surface area is 94.1 Å². The van der Waals surface area contributed by atoms with E-state index >= 15 is 0 Å². The summed E-state index contributed by atoms with van der Waals surface area (Å²) in [6.45, 7) is 2.38. The van der Waals surface area contributed by atoms with E-state index in [0.29, 0.717) is 6.54 Å². The van der Waals surface area contributed by atoms with Crippen molar-refractivity contribution >= 4 is 5.69 Å². The van der Waals surface area contributed by atoms with Crippen LogP contribution >= 0.6 is 0 Å². The van der Waals surface area contributed by atoms with Crippen LogP contribution in [0.2, 0.25) is 0 Å². The van der Waals surface area contributed by atoms with Gasteiger partial charge in [0.1, 0.15) is 0 Å². The molecule has 2 rings (SSSR count). The summed E-state index contributed by atoms with van der Waals surface area (Å²) in [5.41, 5.74) is 8.25. The number of nitrogen functional groups attached to an aromatic ring is 1. The van der Waals surface area contributed by atoms with Gasteiger partial charge < -0.3 is 10.3 Å². The molecule has 2 aromatic rings. The molecule has 16 heavy (non-hydrogen) atoms. The van der Waals surface area contributed by atoms with Gasteiger partial charge in [-0.3, -0.25) is 4.79 Å². The Kier molecular flexibility index (Phi) is 2.77. The number of anilines is 1. The maximum atomic E-state index is 11.8. The van der Waals surface area contributed by atoms with Crippen LogP contribution in [-0.4, -0.2) is 4.57 Å². The lowest BCUT2D eigenvalue weighted by molar-refractivity contribution is 0.753. The number of rotatable bonds is 2. The van der Waals surface area contributed by atoms with Crippen LogP contribution < -0.4 is 11.3 Å². The Balaban J connectivity index is 2.34. The summed E-state index contributed by atoms with van der Waals surface area (Å²) in [7, 11) is 0. The average Bonchev–Trinajstić information content (AvgIpc) is 2.25. The second kappa shape index (κ2) is 4.23. The Bertz CT molecular complexity index is 558. The molecule has 0 saturated carbocycles. The van der Waals surface area contributed by atoms with E-state index < -0.39 is 0 Å². The van der Waals surface area contributed by atoms with E-state index in [1.807, 2.05) is 43.3 Å². The highest BCUT2D eigenvalue weighted by atomic mass is 16.1. The Morgan fingerprint density at radius 1 is 1.25 bits per heavy atom. The summed E-state index contributed by atoms with van der Waals surface area (Å²) in [6, 6.07) is 11.3. The smallest absolute Gasteiger partial charge is 0.253 e. The van der Waals surface area contributed by atoms with Crippen LogP contribution in [0.3, 0.4) is 0 Å². The first-order valence-electron chi connectivity index (χ1n) is 5.17. The Hall–Kier alpha value is -2.03. The number of pyridine rings is 1. The third-order valence-corrected chi connectivity index (χ3v) is 2.51. The third-order valence-electron chi connectivity index (χ3n) is 2.51. The van der Waals surface area contributed by atoms with Crippen molar-refractivity contribution in [3.63, 3.8) is 0 Å². The number of aryl methyl sites for hydroxylation is 1. The van der Waals surface area contributed by atoms with Gasteiger partial charge in [-0.15, -0.1) is 0 Å². The number of benzene rings is 1. The lowest BCUT2D eigenvalue weighted by atomic mass is 10.2. The molecule has 3 nitrogen and oxygen atoms in total. The minimum atomic E-state index is 0.0462. The molecule has 1 aromatic carbocycles. The molecular weight excluding hydrogens is 200 g/mol. The third kappa shape index (κ3) is 2.14. The Morgan fingerprint density at radius 3 is 2.81 bits per heavy atom. The van der Waals surface area contributed by atoms with Crippen molar-refractivity contribution in [3.8, 4) is 0 Å². The number of hydrogen-bond acceptors (Lipinski definition) is 2. The van der Waals surface area contributed by atoms with Gasteiger partial charge in [-0.25, -0.2) is 0 Å². The summed E-state index contributed by atoms with van der Waals surface area (Å²) in [4.78, 5) is 11.8. The van der Waals surface area contributed by atoms with Gasteiger partial charge in [-0.2, -0.15) is 0 Å². The summed E-state index contributed by atoms with van der Waals surface area (Å²) >= 11 is 0. The first-order chi connectivity index (χ1) is 7.66. The highest BCUT2D eigenvalue weighted by Gasteiger charge is 2.00. The maximum absolute atomic E-state index is 11.8. The van der Waals surface area contributed by atoms with Crippen molar-refractivity contribution in [2.24, 2.45) is 0 Å². The molecule has 0 atom stereocenters. The lowest BCUT2D eigenvalue weighted by Crippen LogP contribution is -2.21. The second-order valence-electron chi connectivity index (χ2n) is 3.87. The maximum Gasteiger partial charge on any atom is 0.253 e. The van der Waals surface area contributed by atoms with Crippen LogP contribution in [0.5, 0.6) is 0 Å². The van der Waals surface area contributed by atoms with Crippen molar-refractivity contribution in [2.45, 2.75) is 13.5 Å². The van der Waals surface area contributed by atoms with Crippen LogP contribution in [0, 0.1) is 6.92 Å². The molecule has 0 aliphatic rings. The average molecular weight is 214 g/mol. The molecule has 82 valence electrons. The van der Waals surface area contributed by atoms with Crippen LogP contribution in [0.15, 0.2) is 47.4 Å². The molecule has 0 aliphatic carbocycles. The fourth-order valence-electron chi connectivity index (χ4n) is 1.67. The molecule has 3 heteroatoms. The van der Waals surface area contributed by atoms with Crippen LogP contribution in [0.1, 0.15) is 11.1 Å². The highest BCUT2D eigenvalue weighted by Crippen LogP contribution is 2.07. The van der Waals surface area contributed by atoms with Gasteiger partial charge in [-0.05, 0) is 30.7 Å². The van der Waals surface area contributed by atoms with Gasteiger partial charge in [0, 0.05) is 17.4 Å². The number of nitrogens with two attached hydrogens (primary N) is 1. The van der Waals surface area contributed by atoms with E-state index in [-0.39, 0.29) is 5.56 Å². The van der Waals surface area contributed by atoms with Gasteiger partial charge in [0.05, 0.1) is 6.54 Å². The van der Waals surface area contributed by atoms with Gasteiger partial charge in [0.15, 0.2) is 0 Å². The van der Waals surface area contributed by atoms with Gasteiger partial charge >= 0.3 is 0 Å². The molecule has 0 aliphatic heterocycles.